The molecule has 8 heteroatoms. The third kappa shape index (κ3) is 4.58. The second-order valence-corrected chi connectivity index (χ2v) is 6.14. The molecule has 0 aliphatic carbocycles. The number of aryl methyl sites for hydroxylation is 1. The van der Waals surface area contributed by atoms with E-state index in [0.29, 0.717) is 11.3 Å². The number of rotatable bonds is 3. The van der Waals surface area contributed by atoms with Gasteiger partial charge in [-0.1, -0.05) is 12.1 Å². The first-order valence-corrected chi connectivity index (χ1v) is 7.88. The molecule has 0 bridgehead atoms. The molecule has 1 N–H and O–H groups in total. The van der Waals surface area contributed by atoms with Gasteiger partial charge in [0.2, 0.25) is 5.91 Å². The van der Waals surface area contributed by atoms with Gasteiger partial charge in [-0.25, -0.2) is 0 Å². The standard InChI is InChI=1S/C17H19F3N2O3/c1-10-3-4-13(11(2)23)9-14(10)21-15(24)12-5-7-22(8-6-12)16(25)17(18,19)20/h3-4,9,12H,5-8H2,1-2H3,(H,21,24). The van der Waals surface area contributed by atoms with Crippen LogP contribution in [-0.2, 0) is 9.59 Å². The molecular weight excluding hydrogens is 337 g/mol. The Morgan fingerprint density at radius 3 is 2.28 bits per heavy atom. The molecule has 1 aromatic carbocycles. The molecule has 0 saturated carbocycles. The topological polar surface area (TPSA) is 66.5 Å². The number of alkyl halides is 3. The maximum Gasteiger partial charge on any atom is 0.471 e. The van der Waals surface area contributed by atoms with Gasteiger partial charge in [-0.2, -0.15) is 13.2 Å². The zero-order valence-corrected chi connectivity index (χ0v) is 13.9. The summed E-state index contributed by atoms with van der Waals surface area (Å²) in [5, 5.41) is 2.73. The Hall–Kier alpha value is -2.38. The Morgan fingerprint density at radius 1 is 1.16 bits per heavy atom. The number of amides is 2. The van der Waals surface area contributed by atoms with Gasteiger partial charge >= 0.3 is 12.1 Å². The van der Waals surface area contributed by atoms with Crippen LogP contribution < -0.4 is 5.32 Å². The van der Waals surface area contributed by atoms with E-state index in [1.807, 2.05) is 0 Å². The first kappa shape index (κ1) is 19.0. The molecule has 1 heterocycles. The summed E-state index contributed by atoms with van der Waals surface area (Å²) in [6, 6.07) is 4.96. The lowest BCUT2D eigenvalue weighted by molar-refractivity contribution is -0.186. The molecule has 25 heavy (non-hydrogen) atoms. The van der Waals surface area contributed by atoms with Crippen molar-refractivity contribution in [2.24, 2.45) is 5.92 Å². The van der Waals surface area contributed by atoms with E-state index in [1.165, 1.54) is 6.92 Å². The van der Waals surface area contributed by atoms with Gasteiger partial charge in [-0.3, -0.25) is 14.4 Å². The fraction of sp³-hybridized carbons (Fsp3) is 0.471. The zero-order chi connectivity index (χ0) is 18.8. The van der Waals surface area contributed by atoms with Crippen LogP contribution in [0.25, 0.3) is 0 Å². The van der Waals surface area contributed by atoms with Crippen LogP contribution in [0.3, 0.4) is 0 Å². The van der Waals surface area contributed by atoms with Crippen molar-refractivity contribution >= 4 is 23.3 Å². The molecule has 0 atom stereocenters. The molecule has 1 aromatic rings. The van der Waals surface area contributed by atoms with Crippen LogP contribution in [0.2, 0.25) is 0 Å². The molecule has 0 spiro atoms. The SMILES string of the molecule is CC(=O)c1ccc(C)c(NC(=O)C2CCN(C(=O)C(F)(F)F)CC2)c1. The maximum atomic E-state index is 12.4. The number of piperidine rings is 1. The summed E-state index contributed by atoms with van der Waals surface area (Å²) < 4.78 is 37.3. The van der Waals surface area contributed by atoms with Gasteiger partial charge in [0.15, 0.2) is 5.78 Å². The van der Waals surface area contributed by atoms with E-state index in [2.05, 4.69) is 5.32 Å². The molecule has 2 amide bonds. The number of benzene rings is 1. The van der Waals surface area contributed by atoms with Gasteiger partial charge in [0, 0.05) is 30.3 Å². The minimum Gasteiger partial charge on any atom is -0.335 e. The molecule has 0 radical (unpaired) electrons. The molecule has 1 aliphatic heterocycles. The normalized spacial score (nSPS) is 15.8. The first-order chi connectivity index (χ1) is 11.6. The minimum absolute atomic E-state index is 0.108. The Morgan fingerprint density at radius 2 is 1.76 bits per heavy atom. The predicted octanol–water partition coefficient (Wildman–Crippen LogP) is 2.94. The second kappa shape index (κ2) is 7.25. The van der Waals surface area contributed by atoms with Crippen molar-refractivity contribution in [3.8, 4) is 0 Å². The summed E-state index contributed by atoms with van der Waals surface area (Å²) in [5.41, 5.74) is 1.75. The Labute approximate surface area is 143 Å². The molecule has 1 saturated heterocycles. The van der Waals surface area contributed by atoms with Crippen LogP contribution in [0.15, 0.2) is 18.2 Å². The third-order valence-electron chi connectivity index (χ3n) is 4.30. The van der Waals surface area contributed by atoms with Crippen LogP contribution in [0.1, 0.15) is 35.7 Å². The summed E-state index contributed by atoms with van der Waals surface area (Å²) in [5.74, 6) is -2.79. The van der Waals surface area contributed by atoms with Crippen LogP contribution in [0.5, 0.6) is 0 Å². The van der Waals surface area contributed by atoms with Crippen molar-refractivity contribution < 1.29 is 27.6 Å². The van der Waals surface area contributed by atoms with Crippen molar-refractivity contribution in [3.05, 3.63) is 29.3 Å². The number of nitrogens with zero attached hydrogens (tertiary/aromatic N) is 1. The minimum atomic E-state index is -4.89. The quantitative estimate of drug-likeness (QED) is 0.847. The van der Waals surface area contributed by atoms with E-state index < -0.39 is 18.0 Å². The van der Waals surface area contributed by atoms with Crippen molar-refractivity contribution in [1.82, 2.24) is 4.90 Å². The number of ketones is 1. The highest BCUT2D eigenvalue weighted by atomic mass is 19.4. The lowest BCUT2D eigenvalue weighted by Gasteiger charge is -2.31. The third-order valence-corrected chi connectivity index (χ3v) is 4.30. The summed E-state index contributed by atoms with van der Waals surface area (Å²) >= 11 is 0. The molecule has 136 valence electrons. The van der Waals surface area contributed by atoms with Crippen molar-refractivity contribution in [3.63, 3.8) is 0 Å². The van der Waals surface area contributed by atoms with Crippen molar-refractivity contribution in [2.75, 3.05) is 18.4 Å². The van der Waals surface area contributed by atoms with Gasteiger partial charge in [-0.15, -0.1) is 0 Å². The fourth-order valence-electron chi connectivity index (χ4n) is 2.73. The molecule has 2 rings (SSSR count). The number of carbonyl (C=O) groups excluding carboxylic acids is 3. The van der Waals surface area contributed by atoms with Gasteiger partial charge in [-0.05, 0) is 38.3 Å². The highest BCUT2D eigenvalue weighted by Gasteiger charge is 2.43. The Kier molecular flexibility index (Phi) is 5.49. The summed E-state index contributed by atoms with van der Waals surface area (Å²) in [4.78, 5) is 35.7. The van der Waals surface area contributed by atoms with E-state index >= 15 is 0 Å². The van der Waals surface area contributed by atoms with Crippen LogP contribution in [0.4, 0.5) is 18.9 Å². The number of halogens is 3. The number of hydrogen-bond donors (Lipinski definition) is 1. The maximum absolute atomic E-state index is 12.4. The average Bonchev–Trinajstić information content (AvgIpc) is 2.55. The second-order valence-electron chi connectivity index (χ2n) is 6.14. The van der Waals surface area contributed by atoms with Gasteiger partial charge in [0.25, 0.3) is 0 Å². The summed E-state index contributed by atoms with van der Waals surface area (Å²) in [6.07, 6.45) is -4.56. The van der Waals surface area contributed by atoms with Crippen LogP contribution in [-0.4, -0.2) is 41.8 Å². The van der Waals surface area contributed by atoms with E-state index in [1.54, 1.807) is 25.1 Å². The lowest BCUT2D eigenvalue weighted by atomic mass is 9.95. The number of carbonyl (C=O) groups is 3. The van der Waals surface area contributed by atoms with E-state index in [0.717, 1.165) is 10.5 Å². The lowest BCUT2D eigenvalue weighted by Crippen LogP contribution is -2.46. The number of nitrogens with one attached hydrogen (secondary N) is 1. The molecule has 1 aliphatic rings. The highest BCUT2D eigenvalue weighted by Crippen LogP contribution is 2.25. The molecule has 5 nitrogen and oxygen atoms in total. The number of likely N-dealkylation sites (tertiary alicyclic amines) is 1. The Balaban J connectivity index is 1.99. The molecule has 0 aromatic heterocycles. The molecule has 1 fully saturated rings. The highest BCUT2D eigenvalue weighted by molar-refractivity contribution is 5.98. The van der Waals surface area contributed by atoms with Gasteiger partial charge in [0.05, 0.1) is 0 Å². The van der Waals surface area contributed by atoms with Gasteiger partial charge in [0.1, 0.15) is 0 Å². The Bertz CT molecular complexity index is 693. The summed E-state index contributed by atoms with van der Waals surface area (Å²) in [7, 11) is 0. The van der Waals surface area contributed by atoms with Crippen molar-refractivity contribution in [1.29, 1.82) is 0 Å². The predicted molar refractivity (Wildman–Crippen MR) is 85.2 cm³/mol. The number of anilines is 1. The van der Waals surface area contributed by atoms with Crippen LogP contribution >= 0.6 is 0 Å². The molecular formula is C17H19F3N2O3. The van der Waals surface area contributed by atoms with Gasteiger partial charge < -0.3 is 10.2 Å². The van der Waals surface area contributed by atoms with Crippen molar-refractivity contribution in [2.45, 2.75) is 32.9 Å². The number of hydrogen-bond acceptors (Lipinski definition) is 3. The van der Waals surface area contributed by atoms with E-state index in [9.17, 15) is 27.6 Å². The largest absolute Gasteiger partial charge is 0.471 e. The molecule has 0 unspecified atom stereocenters. The first-order valence-electron chi connectivity index (χ1n) is 7.88. The van der Waals surface area contributed by atoms with E-state index in [4.69, 9.17) is 0 Å². The smallest absolute Gasteiger partial charge is 0.335 e. The number of Topliss-reactive ketones (excluding diaryl/α,β-unsaturated/α-hetero) is 1. The monoisotopic (exact) mass is 356 g/mol. The summed E-state index contributed by atoms with van der Waals surface area (Å²) in [6.45, 7) is 2.99. The fourth-order valence-corrected chi connectivity index (χ4v) is 2.73. The van der Waals surface area contributed by atoms with Crippen LogP contribution in [0, 0.1) is 12.8 Å². The average molecular weight is 356 g/mol. The van der Waals surface area contributed by atoms with E-state index in [-0.39, 0.29) is 37.6 Å². The zero-order valence-electron chi connectivity index (χ0n) is 13.9.